The van der Waals surface area contributed by atoms with Crippen molar-refractivity contribution in [3.8, 4) is 11.4 Å². The van der Waals surface area contributed by atoms with Crippen molar-refractivity contribution in [3.63, 3.8) is 0 Å². The van der Waals surface area contributed by atoms with E-state index in [2.05, 4.69) is 20.3 Å². The van der Waals surface area contributed by atoms with Gasteiger partial charge in [-0.05, 0) is 29.7 Å². The van der Waals surface area contributed by atoms with Crippen LogP contribution in [0.5, 0.6) is 5.75 Å². The molecule has 0 aliphatic carbocycles. The van der Waals surface area contributed by atoms with Crippen LogP contribution in [0.1, 0.15) is 27.2 Å². The van der Waals surface area contributed by atoms with Gasteiger partial charge in [-0.25, -0.2) is 9.07 Å². The number of nitrogens with zero attached hydrogens (tertiary/aromatic N) is 5. The lowest BCUT2D eigenvalue weighted by molar-refractivity contribution is -0.0340. The van der Waals surface area contributed by atoms with Crippen molar-refractivity contribution in [2.75, 3.05) is 33.9 Å². The minimum absolute atomic E-state index is 0.0867. The Labute approximate surface area is 208 Å². The molecule has 4 heterocycles. The molecule has 0 saturated carbocycles. The van der Waals surface area contributed by atoms with E-state index >= 15 is 0 Å². The Kier molecular flexibility index (Phi) is 6.66. The number of methoxy groups -OCH3 is 2. The molecule has 11 heteroatoms. The zero-order valence-corrected chi connectivity index (χ0v) is 20.2. The van der Waals surface area contributed by atoms with E-state index in [9.17, 15) is 9.18 Å². The topological polar surface area (TPSA) is 109 Å². The molecular weight excluding hydrogens is 465 g/mol. The molecule has 10 nitrogen and oxygen atoms in total. The van der Waals surface area contributed by atoms with Gasteiger partial charge >= 0.3 is 0 Å². The Morgan fingerprint density at radius 1 is 1.28 bits per heavy atom. The Hall–Kier alpha value is -3.83. The summed E-state index contributed by atoms with van der Waals surface area (Å²) >= 11 is 0. The van der Waals surface area contributed by atoms with E-state index in [0.29, 0.717) is 19.5 Å². The van der Waals surface area contributed by atoms with E-state index < -0.39 is 11.7 Å². The Bertz CT molecular complexity index is 1270. The maximum absolute atomic E-state index is 15.0. The van der Waals surface area contributed by atoms with Gasteiger partial charge in [-0.2, -0.15) is 5.10 Å². The van der Waals surface area contributed by atoms with Crippen molar-refractivity contribution in [2.24, 2.45) is 0 Å². The van der Waals surface area contributed by atoms with Gasteiger partial charge in [-0.3, -0.25) is 25.4 Å². The average molecular weight is 494 g/mol. The molecule has 2 N–H and O–H groups in total. The minimum Gasteiger partial charge on any atom is -0.497 e. The highest BCUT2D eigenvalue weighted by Gasteiger charge is 2.29. The first-order valence-corrected chi connectivity index (χ1v) is 11.7. The van der Waals surface area contributed by atoms with Gasteiger partial charge in [0, 0.05) is 70.6 Å². The summed E-state index contributed by atoms with van der Waals surface area (Å²) in [5.41, 5.74) is 3.32. The summed E-state index contributed by atoms with van der Waals surface area (Å²) in [4.78, 5) is 21.8. The number of ether oxygens (including phenoxy) is 2. The Morgan fingerprint density at radius 3 is 2.83 bits per heavy atom. The number of hydrogen-bond acceptors (Lipinski definition) is 7. The lowest BCUT2D eigenvalue weighted by Gasteiger charge is -2.38. The van der Waals surface area contributed by atoms with Crippen LogP contribution in [0.15, 0.2) is 42.9 Å². The molecule has 0 atom stereocenters. The molecule has 5 rings (SSSR count). The Morgan fingerprint density at radius 2 is 2.11 bits per heavy atom. The van der Waals surface area contributed by atoms with Gasteiger partial charge in [0.15, 0.2) is 5.96 Å². The number of rotatable bonds is 6. The summed E-state index contributed by atoms with van der Waals surface area (Å²) in [5, 5.41) is 15.2. The summed E-state index contributed by atoms with van der Waals surface area (Å²) < 4.78 is 26.9. The summed E-state index contributed by atoms with van der Waals surface area (Å²) in [6.45, 7) is 3.56. The molecule has 0 unspecified atom stereocenters. The number of carbonyl (C=O) groups is 1. The number of carbonyl (C=O) groups excluding carboxylic acids is 1. The van der Waals surface area contributed by atoms with Gasteiger partial charge in [0.1, 0.15) is 17.1 Å². The number of aromatic nitrogens is 3. The largest absolute Gasteiger partial charge is 0.497 e. The number of hydrogen-bond donors (Lipinski definition) is 2. The average Bonchev–Trinajstić information content (AvgIpc) is 3.40. The number of fused-ring (bicyclic) bond motifs is 1. The van der Waals surface area contributed by atoms with Crippen LogP contribution in [0, 0.1) is 11.2 Å². The summed E-state index contributed by atoms with van der Waals surface area (Å²) in [7, 11) is 3.15. The van der Waals surface area contributed by atoms with E-state index in [-0.39, 0.29) is 29.1 Å². The normalized spacial score (nSPS) is 15.8. The van der Waals surface area contributed by atoms with E-state index in [1.54, 1.807) is 30.5 Å². The number of guanidine groups is 1. The number of nitrogens with one attached hydrogen (secondary N) is 2. The zero-order valence-electron chi connectivity index (χ0n) is 20.2. The van der Waals surface area contributed by atoms with Gasteiger partial charge in [-0.1, -0.05) is 0 Å². The fourth-order valence-electron chi connectivity index (χ4n) is 4.66. The lowest BCUT2D eigenvalue weighted by Crippen LogP contribution is -2.51. The van der Waals surface area contributed by atoms with Gasteiger partial charge in [-0.15, -0.1) is 0 Å². The van der Waals surface area contributed by atoms with Crippen molar-refractivity contribution in [3.05, 3.63) is 71.1 Å². The number of amides is 1. The Balaban J connectivity index is 1.29. The SMILES string of the molecule is COc1cc(F)c(C(=O)NC(=N)N2CCc3c(ccnc3CN3CC(OC)C3)C2)c(-n2cccn2)c1. The third kappa shape index (κ3) is 4.67. The molecule has 0 bridgehead atoms. The smallest absolute Gasteiger partial charge is 0.263 e. The third-order valence-electron chi connectivity index (χ3n) is 6.67. The second-order valence-corrected chi connectivity index (χ2v) is 8.88. The van der Waals surface area contributed by atoms with Crippen LogP contribution in [0.3, 0.4) is 0 Å². The second kappa shape index (κ2) is 10.0. The van der Waals surface area contributed by atoms with Crippen LogP contribution in [-0.2, 0) is 24.2 Å². The van der Waals surface area contributed by atoms with E-state index in [0.717, 1.165) is 37.0 Å². The highest BCUT2D eigenvalue weighted by molar-refractivity contribution is 6.07. The van der Waals surface area contributed by atoms with E-state index in [4.69, 9.17) is 14.9 Å². The second-order valence-electron chi connectivity index (χ2n) is 8.88. The van der Waals surface area contributed by atoms with Crippen LogP contribution in [0.25, 0.3) is 5.69 Å². The molecule has 2 aromatic heterocycles. The van der Waals surface area contributed by atoms with Crippen LogP contribution in [-0.4, -0.2) is 76.4 Å². The molecule has 2 aliphatic heterocycles. The summed E-state index contributed by atoms with van der Waals surface area (Å²) in [6.07, 6.45) is 5.92. The fraction of sp³-hybridized carbons (Fsp3) is 0.360. The number of likely N-dealkylation sites (tertiary alicyclic amines) is 1. The third-order valence-corrected chi connectivity index (χ3v) is 6.67. The molecular formula is C25H28FN7O3. The molecule has 188 valence electrons. The van der Waals surface area contributed by atoms with E-state index in [1.165, 1.54) is 29.6 Å². The van der Waals surface area contributed by atoms with Crippen molar-refractivity contribution in [2.45, 2.75) is 25.6 Å². The lowest BCUT2D eigenvalue weighted by atomic mass is 9.97. The quantitative estimate of drug-likeness (QED) is 0.399. The molecule has 0 radical (unpaired) electrons. The first-order valence-electron chi connectivity index (χ1n) is 11.7. The van der Waals surface area contributed by atoms with E-state index in [1.807, 2.05) is 6.07 Å². The summed E-state index contributed by atoms with van der Waals surface area (Å²) in [6, 6.07) is 6.30. The van der Waals surface area contributed by atoms with Gasteiger partial charge in [0.05, 0.1) is 24.6 Å². The number of halogens is 1. The first-order chi connectivity index (χ1) is 17.5. The standard InChI is InChI=1S/C25H28FN7O3/c1-35-17-10-20(26)23(22(11-17)33-8-3-6-29-33)24(34)30-25(27)32-9-5-19-16(12-32)4-7-28-21(19)15-31-13-18(14-31)36-2/h3-4,6-8,10-11,18H,5,9,12-15H2,1-2H3,(H2,27,30,34). The fourth-order valence-corrected chi connectivity index (χ4v) is 4.66. The molecule has 1 aromatic carbocycles. The van der Waals surface area contributed by atoms with Crippen molar-refractivity contribution in [1.29, 1.82) is 5.41 Å². The highest BCUT2D eigenvalue weighted by Crippen LogP contribution is 2.26. The maximum Gasteiger partial charge on any atom is 0.263 e. The molecule has 0 spiro atoms. The highest BCUT2D eigenvalue weighted by atomic mass is 19.1. The molecule has 1 amide bonds. The summed E-state index contributed by atoms with van der Waals surface area (Å²) in [5.74, 6) is -1.31. The molecule has 1 fully saturated rings. The van der Waals surface area contributed by atoms with Gasteiger partial charge in [0.25, 0.3) is 5.91 Å². The number of pyridine rings is 1. The van der Waals surface area contributed by atoms with Gasteiger partial charge in [0.2, 0.25) is 0 Å². The monoisotopic (exact) mass is 493 g/mol. The van der Waals surface area contributed by atoms with Crippen LogP contribution >= 0.6 is 0 Å². The van der Waals surface area contributed by atoms with Crippen molar-refractivity contribution in [1.82, 2.24) is 29.9 Å². The predicted molar refractivity (Wildman–Crippen MR) is 130 cm³/mol. The minimum atomic E-state index is -0.758. The maximum atomic E-state index is 15.0. The van der Waals surface area contributed by atoms with Crippen LogP contribution < -0.4 is 10.1 Å². The molecule has 3 aromatic rings. The number of benzene rings is 1. The van der Waals surface area contributed by atoms with Crippen LogP contribution in [0.2, 0.25) is 0 Å². The van der Waals surface area contributed by atoms with Crippen LogP contribution in [0.4, 0.5) is 4.39 Å². The van der Waals surface area contributed by atoms with Crippen molar-refractivity contribution < 1.29 is 18.7 Å². The zero-order chi connectivity index (χ0) is 25.2. The molecule has 2 aliphatic rings. The first kappa shape index (κ1) is 23.9. The predicted octanol–water partition coefficient (Wildman–Crippen LogP) is 1.97. The van der Waals surface area contributed by atoms with Crippen molar-refractivity contribution >= 4 is 11.9 Å². The molecule has 36 heavy (non-hydrogen) atoms. The van der Waals surface area contributed by atoms with Gasteiger partial charge < -0.3 is 14.4 Å². The molecule has 1 saturated heterocycles.